The molecule has 6 nitrogen and oxygen atoms in total. The quantitative estimate of drug-likeness (QED) is 0.177. The highest BCUT2D eigenvalue weighted by atomic mass is 16.3. The van der Waals surface area contributed by atoms with Gasteiger partial charge in [0.25, 0.3) is 0 Å². The Hall–Kier alpha value is -8.61. The summed E-state index contributed by atoms with van der Waals surface area (Å²) in [5, 5.41) is 13.1. The molecule has 0 aliphatic rings. The molecule has 0 atom stereocenters. The largest absolute Gasteiger partial charge is 0.455 e. The predicted octanol–water partition coefficient (Wildman–Crippen LogP) is 15.2. The number of para-hydroxylation sites is 4. The molecule has 0 saturated carbocycles. The van der Waals surface area contributed by atoms with E-state index in [2.05, 4.69) is 168 Å². The standard InChI is InChI=1S/C57H32N4O2/c1-2-15-34-30-37(29-28-33(34)14-1)55-58-56(44-24-13-23-42-39-19-8-11-26-48(39)62-53(42)44)60-57(59-55)51-40-20-5-6-21-41(40)52(50-43-22-9-12-27-49(43)63-54(50)51)61-46-25-10-7-18-38(46)45-31-35-16-3-4-17-36(35)32-47(45)61/h1-32H. The second-order valence-corrected chi connectivity index (χ2v) is 16.3. The first-order chi connectivity index (χ1) is 31.2. The monoisotopic (exact) mass is 804 g/mol. The molecule has 0 saturated heterocycles. The zero-order valence-electron chi connectivity index (χ0n) is 33.6. The topological polar surface area (TPSA) is 69.9 Å². The highest BCUT2D eigenvalue weighted by Gasteiger charge is 2.27. The summed E-state index contributed by atoms with van der Waals surface area (Å²) in [4.78, 5) is 16.1. The smallest absolute Gasteiger partial charge is 0.168 e. The predicted molar refractivity (Wildman–Crippen MR) is 258 cm³/mol. The van der Waals surface area contributed by atoms with Crippen LogP contribution >= 0.6 is 0 Å². The molecular formula is C57H32N4O2. The van der Waals surface area contributed by atoms with Crippen molar-refractivity contribution in [2.24, 2.45) is 0 Å². The summed E-state index contributed by atoms with van der Waals surface area (Å²) in [5.74, 6) is 1.58. The Bertz CT molecular complexity index is 4230. The van der Waals surface area contributed by atoms with E-state index in [0.29, 0.717) is 23.1 Å². The fourth-order valence-electron chi connectivity index (χ4n) is 9.96. The van der Waals surface area contributed by atoms with Gasteiger partial charge in [-0.05, 0) is 69.4 Å². The number of nitrogens with zero attached hydrogens (tertiary/aromatic N) is 4. The lowest BCUT2D eigenvalue weighted by molar-refractivity contribution is 0.669. The first-order valence-corrected chi connectivity index (χ1v) is 21.2. The van der Waals surface area contributed by atoms with Crippen LogP contribution in [-0.2, 0) is 0 Å². The van der Waals surface area contributed by atoms with Gasteiger partial charge in [-0.2, -0.15) is 0 Å². The van der Waals surface area contributed by atoms with E-state index < -0.39 is 0 Å². The van der Waals surface area contributed by atoms with Crippen molar-refractivity contribution in [3.8, 4) is 39.9 Å². The molecule has 0 aliphatic carbocycles. The highest BCUT2D eigenvalue weighted by Crippen LogP contribution is 2.48. The van der Waals surface area contributed by atoms with Gasteiger partial charge in [-0.1, -0.05) is 152 Å². The SMILES string of the molecule is c1ccc2cc(-c3nc(-c4cccc5c4oc4ccccc45)nc(-c4c5ccccc5c(-n5c6ccccc6c6cc7ccccc7cc65)c5c4oc4ccccc45)n3)ccc2c1. The van der Waals surface area contributed by atoms with E-state index in [1.165, 1.54) is 21.5 Å². The van der Waals surface area contributed by atoms with Crippen molar-refractivity contribution in [2.75, 3.05) is 0 Å². The van der Waals surface area contributed by atoms with E-state index in [4.69, 9.17) is 23.8 Å². The molecule has 0 bridgehead atoms. The van der Waals surface area contributed by atoms with Crippen molar-refractivity contribution in [2.45, 2.75) is 0 Å². The van der Waals surface area contributed by atoms with Crippen molar-refractivity contribution >= 4 is 98.0 Å². The van der Waals surface area contributed by atoms with Crippen LogP contribution in [0.25, 0.3) is 138 Å². The fourth-order valence-corrected chi connectivity index (χ4v) is 9.96. The van der Waals surface area contributed by atoms with Crippen LogP contribution in [-0.4, -0.2) is 19.5 Å². The van der Waals surface area contributed by atoms with Gasteiger partial charge in [0.2, 0.25) is 0 Å². The van der Waals surface area contributed by atoms with E-state index >= 15 is 0 Å². The van der Waals surface area contributed by atoms with Gasteiger partial charge in [-0.3, -0.25) is 0 Å². The van der Waals surface area contributed by atoms with Gasteiger partial charge in [-0.15, -0.1) is 0 Å². The Morgan fingerprint density at radius 3 is 1.76 bits per heavy atom. The van der Waals surface area contributed by atoms with Crippen LogP contribution in [0.5, 0.6) is 0 Å². The third-order valence-corrected chi connectivity index (χ3v) is 12.8. The molecule has 14 aromatic rings. The molecule has 10 aromatic carbocycles. The summed E-state index contributed by atoms with van der Waals surface area (Å²) >= 11 is 0. The summed E-state index contributed by atoms with van der Waals surface area (Å²) in [6.45, 7) is 0. The third-order valence-electron chi connectivity index (χ3n) is 12.8. The van der Waals surface area contributed by atoms with Gasteiger partial charge in [-0.25, -0.2) is 15.0 Å². The number of fused-ring (bicyclic) bond motifs is 12. The zero-order chi connectivity index (χ0) is 41.2. The Morgan fingerprint density at radius 1 is 0.349 bits per heavy atom. The van der Waals surface area contributed by atoms with Crippen molar-refractivity contribution < 1.29 is 8.83 Å². The third kappa shape index (κ3) is 4.97. The zero-order valence-corrected chi connectivity index (χ0v) is 33.6. The highest BCUT2D eigenvalue weighted by molar-refractivity contribution is 6.25. The van der Waals surface area contributed by atoms with Crippen molar-refractivity contribution in [3.05, 3.63) is 194 Å². The van der Waals surface area contributed by atoms with Gasteiger partial charge in [0, 0.05) is 37.9 Å². The Morgan fingerprint density at radius 2 is 0.937 bits per heavy atom. The lowest BCUT2D eigenvalue weighted by atomic mass is 9.96. The van der Waals surface area contributed by atoms with E-state index in [0.717, 1.165) is 93.2 Å². The maximum absolute atomic E-state index is 7.11. The summed E-state index contributed by atoms with van der Waals surface area (Å²) in [6.07, 6.45) is 0. The molecule has 4 aromatic heterocycles. The normalized spacial score (nSPS) is 12.1. The van der Waals surface area contributed by atoms with Gasteiger partial charge in [0.1, 0.15) is 22.3 Å². The molecule has 292 valence electrons. The minimum atomic E-state index is 0.510. The number of hydrogen-bond donors (Lipinski definition) is 0. The average molecular weight is 805 g/mol. The van der Waals surface area contributed by atoms with Gasteiger partial charge in [0.15, 0.2) is 17.5 Å². The number of rotatable bonds is 4. The Labute approximate surface area is 358 Å². The lowest BCUT2D eigenvalue weighted by Crippen LogP contribution is -2.03. The first kappa shape index (κ1) is 34.1. The summed E-state index contributed by atoms with van der Waals surface area (Å²) in [7, 11) is 0. The number of benzene rings is 10. The maximum Gasteiger partial charge on any atom is 0.168 e. The van der Waals surface area contributed by atoms with Crippen LogP contribution in [0, 0.1) is 0 Å². The van der Waals surface area contributed by atoms with E-state index in [9.17, 15) is 0 Å². The molecule has 0 N–H and O–H groups in total. The second-order valence-electron chi connectivity index (χ2n) is 16.3. The van der Waals surface area contributed by atoms with E-state index in [1.54, 1.807) is 0 Å². The molecule has 14 rings (SSSR count). The molecule has 0 unspecified atom stereocenters. The Kier molecular flexibility index (Phi) is 7.02. The summed E-state index contributed by atoms with van der Waals surface area (Å²) in [6, 6.07) is 68.0. The van der Waals surface area contributed by atoms with Gasteiger partial charge in [0.05, 0.1) is 33.2 Å². The minimum absolute atomic E-state index is 0.510. The maximum atomic E-state index is 7.11. The summed E-state index contributed by atoms with van der Waals surface area (Å²) in [5.41, 5.74) is 8.80. The summed E-state index contributed by atoms with van der Waals surface area (Å²) < 4.78 is 16.1. The molecule has 0 amide bonds. The molecule has 0 radical (unpaired) electrons. The molecule has 0 spiro atoms. The van der Waals surface area contributed by atoms with Crippen LogP contribution < -0.4 is 0 Å². The average Bonchev–Trinajstić information content (AvgIpc) is 4.02. The first-order valence-electron chi connectivity index (χ1n) is 21.2. The van der Waals surface area contributed by atoms with Crippen molar-refractivity contribution in [1.82, 2.24) is 19.5 Å². The van der Waals surface area contributed by atoms with Crippen molar-refractivity contribution in [1.29, 1.82) is 0 Å². The van der Waals surface area contributed by atoms with Gasteiger partial charge < -0.3 is 13.4 Å². The van der Waals surface area contributed by atoms with E-state index in [-0.39, 0.29) is 0 Å². The molecule has 6 heteroatoms. The molecule has 4 heterocycles. The molecular weight excluding hydrogens is 773 g/mol. The molecule has 63 heavy (non-hydrogen) atoms. The second kappa shape index (κ2) is 12.9. The number of hydrogen-bond acceptors (Lipinski definition) is 5. The number of furan rings is 2. The molecule has 0 aliphatic heterocycles. The van der Waals surface area contributed by atoms with Crippen LogP contribution in [0.2, 0.25) is 0 Å². The number of aromatic nitrogens is 4. The fraction of sp³-hybridized carbons (Fsp3) is 0. The van der Waals surface area contributed by atoms with Crippen LogP contribution in [0.4, 0.5) is 0 Å². The molecule has 0 fully saturated rings. The van der Waals surface area contributed by atoms with Crippen LogP contribution in [0.1, 0.15) is 0 Å². The van der Waals surface area contributed by atoms with Gasteiger partial charge >= 0.3 is 0 Å². The minimum Gasteiger partial charge on any atom is -0.455 e. The van der Waals surface area contributed by atoms with Crippen LogP contribution in [0.15, 0.2) is 203 Å². The van der Waals surface area contributed by atoms with Crippen LogP contribution in [0.3, 0.4) is 0 Å². The Balaban J connectivity index is 1.13. The van der Waals surface area contributed by atoms with Crippen molar-refractivity contribution in [3.63, 3.8) is 0 Å². The van der Waals surface area contributed by atoms with E-state index in [1.807, 2.05) is 30.3 Å². The lowest BCUT2D eigenvalue weighted by Gasteiger charge is -2.17.